The fourth-order valence-electron chi connectivity index (χ4n) is 3.86. The van der Waals surface area contributed by atoms with Crippen LogP contribution in [0.15, 0.2) is 42.0 Å². The van der Waals surface area contributed by atoms with Crippen LogP contribution in [0.2, 0.25) is 0 Å². The molecule has 0 radical (unpaired) electrons. The number of methoxy groups -OCH3 is 5. The zero-order chi connectivity index (χ0) is 24.8. The average molecular weight is 472 g/mol. The van der Waals surface area contributed by atoms with Crippen LogP contribution in [0.5, 0.6) is 23.0 Å². The summed E-state index contributed by atoms with van der Waals surface area (Å²) in [5, 5.41) is 0. The van der Waals surface area contributed by atoms with Gasteiger partial charge in [0.15, 0.2) is 23.0 Å². The van der Waals surface area contributed by atoms with E-state index in [9.17, 15) is 9.59 Å². The summed E-state index contributed by atoms with van der Waals surface area (Å²) >= 11 is 0. The van der Waals surface area contributed by atoms with Crippen LogP contribution < -0.4 is 18.9 Å². The second kappa shape index (κ2) is 10.8. The third kappa shape index (κ3) is 4.88. The first-order chi connectivity index (χ1) is 16.4. The first kappa shape index (κ1) is 24.8. The van der Waals surface area contributed by atoms with Crippen molar-refractivity contribution in [1.29, 1.82) is 0 Å². The smallest absolute Gasteiger partial charge is 0.338 e. The number of esters is 2. The number of hydrogen-bond donors (Lipinski definition) is 0. The second-order valence-electron chi connectivity index (χ2n) is 7.37. The van der Waals surface area contributed by atoms with Crippen LogP contribution in [-0.4, -0.2) is 54.1 Å². The molecule has 9 nitrogen and oxygen atoms in total. The molecule has 1 aliphatic heterocycles. The summed E-state index contributed by atoms with van der Waals surface area (Å²) in [4.78, 5) is 24.5. The minimum absolute atomic E-state index is 0.0877. The van der Waals surface area contributed by atoms with Crippen molar-refractivity contribution in [1.82, 2.24) is 0 Å². The predicted octanol–water partition coefficient (Wildman–Crippen LogP) is 3.56. The zero-order valence-electron chi connectivity index (χ0n) is 20.0. The van der Waals surface area contributed by atoms with Gasteiger partial charge in [0.2, 0.25) is 0 Å². The molecular formula is C25H28O9. The molecule has 0 aliphatic carbocycles. The van der Waals surface area contributed by atoms with Crippen molar-refractivity contribution < 1.29 is 42.7 Å². The number of carbonyl (C=O) groups excluding carboxylic acids is 2. The van der Waals surface area contributed by atoms with Gasteiger partial charge in [0.25, 0.3) is 0 Å². The van der Waals surface area contributed by atoms with Gasteiger partial charge in [-0.05, 0) is 35.9 Å². The van der Waals surface area contributed by atoms with Crippen LogP contribution in [0.1, 0.15) is 24.2 Å². The maximum Gasteiger partial charge on any atom is 0.338 e. The van der Waals surface area contributed by atoms with Crippen LogP contribution in [0.25, 0.3) is 5.76 Å². The second-order valence-corrected chi connectivity index (χ2v) is 7.37. The zero-order valence-corrected chi connectivity index (χ0v) is 20.0. The predicted molar refractivity (Wildman–Crippen MR) is 122 cm³/mol. The van der Waals surface area contributed by atoms with E-state index in [1.165, 1.54) is 35.4 Å². The third-order valence-electron chi connectivity index (χ3n) is 5.48. The molecule has 0 spiro atoms. The number of hydrogen-bond acceptors (Lipinski definition) is 9. The van der Waals surface area contributed by atoms with E-state index in [4.69, 9.17) is 33.2 Å². The molecule has 0 N–H and O–H groups in total. The van der Waals surface area contributed by atoms with Crippen molar-refractivity contribution in [3.8, 4) is 23.0 Å². The van der Waals surface area contributed by atoms with E-state index < -0.39 is 24.0 Å². The van der Waals surface area contributed by atoms with Crippen LogP contribution in [0.4, 0.5) is 0 Å². The Labute approximate surface area is 198 Å². The standard InChI is InChI=1S/C25H28O9/c1-14(26)33-13-17-22(25(27)32-6)24(16-8-10-19(29-3)21(12-16)31-5)34-23(17)15-7-9-18(28-2)20(11-15)30-4/h7-12,17,23H,13H2,1-6H3/t17-,23+/m0/s1. The Morgan fingerprint density at radius 3 is 1.97 bits per heavy atom. The number of ether oxygens (including phenoxy) is 7. The third-order valence-corrected chi connectivity index (χ3v) is 5.48. The Balaban J connectivity index is 2.15. The van der Waals surface area contributed by atoms with Crippen molar-refractivity contribution >= 4 is 17.7 Å². The van der Waals surface area contributed by atoms with Crippen molar-refractivity contribution in [2.24, 2.45) is 5.92 Å². The molecule has 9 heteroatoms. The molecule has 2 atom stereocenters. The molecule has 0 fully saturated rings. The van der Waals surface area contributed by atoms with Gasteiger partial charge < -0.3 is 33.2 Å². The Hall–Kier alpha value is -3.88. The van der Waals surface area contributed by atoms with Gasteiger partial charge in [-0.3, -0.25) is 4.79 Å². The molecule has 0 saturated carbocycles. The minimum Gasteiger partial charge on any atom is -0.493 e. The van der Waals surface area contributed by atoms with Gasteiger partial charge >= 0.3 is 11.9 Å². The molecule has 2 aromatic carbocycles. The lowest BCUT2D eigenvalue weighted by Crippen LogP contribution is -2.23. The first-order valence-corrected chi connectivity index (χ1v) is 10.4. The molecular weight excluding hydrogens is 444 g/mol. The van der Waals surface area contributed by atoms with E-state index in [0.29, 0.717) is 39.9 Å². The van der Waals surface area contributed by atoms with E-state index in [1.807, 2.05) is 0 Å². The lowest BCUT2D eigenvalue weighted by Gasteiger charge is -2.22. The van der Waals surface area contributed by atoms with Crippen LogP contribution in [0, 0.1) is 5.92 Å². The lowest BCUT2D eigenvalue weighted by atomic mass is 9.90. The van der Waals surface area contributed by atoms with Gasteiger partial charge in [-0.15, -0.1) is 0 Å². The molecule has 2 aromatic rings. The summed E-state index contributed by atoms with van der Waals surface area (Å²) in [7, 11) is 7.40. The Morgan fingerprint density at radius 1 is 0.824 bits per heavy atom. The molecule has 1 aliphatic rings. The Morgan fingerprint density at radius 2 is 1.41 bits per heavy atom. The minimum atomic E-state index is -0.670. The number of carbonyl (C=O) groups is 2. The topological polar surface area (TPSA) is 98.8 Å². The van der Waals surface area contributed by atoms with Crippen molar-refractivity contribution in [2.45, 2.75) is 13.0 Å². The summed E-state index contributed by atoms with van der Waals surface area (Å²) in [6.45, 7) is 1.22. The molecule has 0 aromatic heterocycles. The van der Waals surface area contributed by atoms with Gasteiger partial charge in [0.05, 0.1) is 47.0 Å². The van der Waals surface area contributed by atoms with Gasteiger partial charge in [-0.1, -0.05) is 6.07 Å². The van der Waals surface area contributed by atoms with Gasteiger partial charge in [0, 0.05) is 12.5 Å². The fourth-order valence-corrected chi connectivity index (χ4v) is 3.86. The summed E-state index contributed by atoms with van der Waals surface area (Å²) < 4.78 is 38.2. The van der Waals surface area contributed by atoms with Crippen LogP contribution in [0.3, 0.4) is 0 Å². The van der Waals surface area contributed by atoms with Gasteiger partial charge in [0.1, 0.15) is 18.5 Å². The van der Waals surface area contributed by atoms with E-state index in [1.54, 1.807) is 43.5 Å². The van der Waals surface area contributed by atoms with E-state index in [0.717, 1.165) is 0 Å². The highest BCUT2D eigenvalue weighted by atomic mass is 16.5. The van der Waals surface area contributed by atoms with Crippen LogP contribution in [-0.2, 0) is 23.8 Å². The van der Waals surface area contributed by atoms with Gasteiger partial charge in [-0.2, -0.15) is 0 Å². The summed E-state index contributed by atoms with van der Waals surface area (Å²) in [5.41, 5.74) is 1.52. The van der Waals surface area contributed by atoms with E-state index in [2.05, 4.69) is 0 Å². The molecule has 34 heavy (non-hydrogen) atoms. The lowest BCUT2D eigenvalue weighted by molar-refractivity contribution is -0.144. The molecule has 1 heterocycles. The molecule has 0 amide bonds. The maximum atomic E-state index is 12.9. The average Bonchev–Trinajstić information content (AvgIpc) is 3.25. The molecule has 182 valence electrons. The van der Waals surface area contributed by atoms with Crippen LogP contribution >= 0.6 is 0 Å². The quantitative estimate of drug-likeness (QED) is 0.507. The number of rotatable bonds is 9. The Kier molecular flexibility index (Phi) is 7.88. The summed E-state index contributed by atoms with van der Waals surface area (Å²) in [5.74, 6) is 0.613. The maximum absolute atomic E-state index is 12.9. The highest BCUT2D eigenvalue weighted by molar-refractivity contribution is 5.98. The normalized spacial score (nSPS) is 17.0. The van der Waals surface area contributed by atoms with Crippen molar-refractivity contribution in [3.05, 3.63) is 53.1 Å². The highest BCUT2D eigenvalue weighted by Gasteiger charge is 2.43. The monoisotopic (exact) mass is 472 g/mol. The molecule has 0 bridgehead atoms. The van der Waals surface area contributed by atoms with Gasteiger partial charge in [-0.25, -0.2) is 4.79 Å². The molecule has 0 unspecified atom stereocenters. The van der Waals surface area contributed by atoms with Crippen molar-refractivity contribution in [3.63, 3.8) is 0 Å². The summed E-state index contributed by atoms with van der Waals surface area (Å²) in [6.07, 6.45) is -0.670. The Bertz CT molecular complexity index is 1090. The SMILES string of the molecule is COC(=O)C1=C(c2ccc(OC)c(OC)c2)O[C@H](c2ccc(OC)c(OC)c2)[C@H]1COC(C)=O. The van der Waals surface area contributed by atoms with E-state index >= 15 is 0 Å². The molecule has 3 rings (SSSR count). The largest absolute Gasteiger partial charge is 0.493 e. The first-order valence-electron chi connectivity index (χ1n) is 10.4. The highest BCUT2D eigenvalue weighted by Crippen LogP contribution is 2.48. The van der Waals surface area contributed by atoms with E-state index in [-0.39, 0.29) is 12.2 Å². The van der Waals surface area contributed by atoms with Crippen molar-refractivity contribution in [2.75, 3.05) is 42.2 Å². The molecule has 0 saturated heterocycles. The number of benzene rings is 2. The fraction of sp³-hybridized carbons (Fsp3) is 0.360. The summed E-state index contributed by atoms with van der Waals surface area (Å²) in [6, 6.07) is 10.5.